The molecule has 2 atom stereocenters. The predicted octanol–water partition coefficient (Wildman–Crippen LogP) is 6.69. The van der Waals surface area contributed by atoms with E-state index in [-0.39, 0.29) is 0 Å². The van der Waals surface area contributed by atoms with Crippen molar-refractivity contribution < 1.29 is 0 Å². The molecule has 1 aliphatic carbocycles. The molecule has 1 unspecified atom stereocenters. The van der Waals surface area contributed by atoms with Crippen LogP contribution in [-0.4, -0.2) is 17.3 Å². The van der Waals surface area contributed by atoms with E-state index in [1.54, 1.807) is 0 Å². The molecule has 0 saturated heterocycles. The summed E-state index contributed by atoms with van der Waals surface area (Å²) in [6.45, 7) is 1.05. The smallest absolute Gasteiger partial charge is 0.0612 e. The first-order valence-corrected chi connectivity index (χ1v) is 10.4. The van der Waals surface area contributed by atoms with Gasteiger partial charge in [0.1, 0.15) is 0 Å². The number of hydrogen-bond acceptors (Lipinski definition) is 3. The summed E-state index contributed by atoms with van der Waals surface area (Å²) in [5.74, 6) is 0. The summed E-state index contributed by atoms with van der Waals surface area (Å²) in [6, 6.07) is 15.0. The standard InChI is InChI=1S/C20H22Cl2N2S/c21-16-8-7-14(12-17(16)22)24-15-4-3-9-20(13-15)10-11-23-18-5-1-2-6-19(18)25-20/h1-2,5-8,12,15,23-24H,3-4,9-11,13H2/t15-,20?/m0/s1. The van der Waals surface area contributed by atoms with E-state index in [1.807, 2.05) is 18.2 Å². The molecular formula is C20H22Cl2N2S. The Kier molecular flexibility index (Phi) is 5.08. The summed E-state index contributed by atoms with van der Waals surface area (Å²) in [5, 5.41) is 8.51. The van der Waals surface area contributed by atoms with Crippen molar-refractivity contribution >= 4 is 46.3 Å². The highest BCUT2D eigenvalue weighted by Crippen LogP contribution is 2.50. The molecular weight excluding hydrogens is 371 g/mol. The third-order valence-electron chi connectivity index (χ3n) is 5.20. The topological polar surface area (TPSA) is 24.1 Å². The average Bonchev–Trinajstić information content (AvgIpc) is 2.77. The quantitative estimate of drug-likeness (QED) is 0.594. The zero-order chi connectivity index (χ0) is 17.3. The van der Waals surface area contributed by atoms with Crippen molar-refractivity contribution in [2.75, 3.05) is 17.2 Å². The third-order valence-corrected chi connectivity index (χ3v) is 7.53. The van der Waals surface area contributed by atoms with Crippen molar-refractivity contribution in [3.63, 3.8) is 0 Å². The lowest BCUT2D eigenvalue weighted by molar-refractivity contribution is 0.361. The summed E-state index contributed by atoms with van der Waals surface area (Å²) in [6.07, 6.45) is 6.12. The summed E-state index contributed by atoms with van der Waals surface area (Å²) in [5.41, 5.74) is 2.34. The molecule has 0 aromatic heterocycles. The van der Waals surface area contributed by atoms with Crippen LogP contribution < -0.4 is 10.6 Å². The predicted molar refractivity (Wildman–Crippen MR) is 110 cm³/mol. The van der Waals surface area contributed by atoms with Gasteiger partial charge in [0, 0.05) is 33.6 Å². The van der Waals surface area contributed by atoms with Gasteiger partial charge in [-0.2, -0.15) is 0 Å². The number of benzene rings is 2. The Hall–Kier alpha value is -1.03. The van der Waals surface area contributed by atoms with Crippen LogP contribution in [0.1, 0.15) is 32.1 Å². The van der Waals surface area contributed by atoms with Gasteiger partial charge in [-0.3, -0.25) is 0 Å². The number of rotatable bonds is 2. The Morgan fingerprint density at radius 3 is 2.84 bits per heavy atom. The van der Waals surface area contributed by atoms with Crippen molar-refractivity contribution in [3.05, 3.63) is 52.5 Å². The van der Waals surface area contributed by atoms with E-state index in [2.05, 4.69) is 46.7 Å². The zero-order valence-electron chi connectivity index (χ0n) is 14.0. The molecule has 1 heterocycles. The van der Waals surface area contributed by atoms with Gasteiger partial charge < -0.3 is 10.6 Å². The molecule has 132 valence electrons. The van der Waals surface area contributed by atoms with Crippen LogP contribution in [0.4, 0.5) is 11.4 Å². The average molecular weight is 393 g/mol. The van der Waals surface area contributed by atoms with Crippen LogP contribution in [0, 0.1) is 0 Å². The SMILES string of the molecule is Clc1ccc(N[C@H]2CCCC3(CCNc4ccccc4S3)C2)cc1Cl. The molecule has 1 spiro atoms. The Labute approximate surface area is 163 Å². The van der Waals surface area contributed by atoms with Gasteiger partial charge in [-0.05, 0) is 56.0 Å². The molecule has 0 amide bonds. The van der Waals surface area contributed by atoms with Gasteiger partial charge in [0.15, 0.2) is 0 Å². The molecule has 0 radical (unpaired) electrons. The maximum absolute atomic E-state index is 6.17. The fourth-order valence-corrected chi connectivity index (χ4v) is 5.90. The van der Waals surface area contributed by atoms with E-state index in [9.17, 15) is 0 Å². The highest BCUT2D eigenvalue weighted by molar-refractivity contribution is 8.00. The molecule has 2 N–H and O–H groups in total. The molecule has 1 fully saturated rings. The third kappa shape index (κ3) is 3.89. The Morgan fingerprint density at radius 1 is 1.08 bits per heavy atom. The maximum Gasteiger partial charge on any atom is 0.0612 e. The summed E-state index contributed by atoms with van der Waals surface area (Å²) in [7, 11) is 0. The molecule has 2 aromatic rings. The maximum atomic E-state index is 6.17. The van der Waals surface area contributed by atoms with E-state index < -0.39 is 0 Å². The molecule has 1 saturated carbocycles. The molecule has 2 aliphatic rings. The van der Waals surface area contributed by atoms with Gasteiger partial charge in [-0.25, -0.2) is 0 Å². The summed E-state index contributed by atoms with van der Waals surface area (Å²) in [4.78, 5) is 1.38. The van der Waals surface area contributed by atoms with Gasteiger partial charge >= 0.3 is 0 Å². The van der Waals surface area contributed by atoms with E-state index in [0.717, 1.165) is 12.2 Å². The lowest BCUT2D eigenvalue weighted by Gasteiger charge is -2.40. The van der Waals surface area contributed by atoms with E-state index >= 15 is 0 Å². The molecule has 2 aromatic carbocycles. The van der Waals surface area contributed by atoms with Gasteiger partial charge in [0.2, 0.25) is 0 Å². The number of halogens is 2. The molecule has 0 bridgehead atoms. The van der Waals surface area contributed by atoms with Crippen molar-refractivity contribution in [1.29, 1.82) is 0 Å². The first-order chi connectivity index (χ1) is 12.1. The summed E-state index contributed by atoms with van der Waals surface area (Å²) < 4.78 is 0.311. The molecule has 2 nitrogen and oxygen atoms in total. The molecule has 25 heavy (non-hydrogen) atoms. The van der Waals surface area contributed by atoms with Gasteiger partial charge in [0.05, 0.1) is 10.0 Å². The number of fused-ring (bicyclic) bond motifs is 1. The highest BCUT2D eigenvalue weighted by Gasteiger charge is 2.38. The Bertz CT molecular complexity index is 767. The number of hydrogen-bond donors (Lipinski definition) is 2. The minimum Gasteiger partial charge on any atom is -0.384 e. The van der Waals surface area contributed by atoms with Crippen LogP contribution >= 0.6 is 35.0 Å². The van der Waals surface area contributed by atoms with E-state index in [0.29, 0.717) is 20.8 Å². The summed E-state index contributed by atoms with van der Waals surface area (Å²) >= 11 is 14.3. The zero-order valence-corrected chi connectivity index (χ0v) is 16.4. The first-order valence-electron chi connectivity index (χ1n) is 8.87. The minimum absolute atomic E-state index is 0.311. The van der Waals surface area contributed by atoms with Crippen molar-refractivity contribution in [2.24, 2.45) is 0 Å². The lowest BCUT2D eigenvalue weighted by Crippen LogP contribution is -2.38. The van der Waals surface area contributed by atoms with Crippen LogP contribution in [0.5, 0.6) is 0 Å². The van der Waals surface area contributed by atoms with Crippen LogP contribution in [0.3, 0.4) is 0 Å². The highest BCUT2D eigenvalue weighted by atomic mass is 35.5. The van der Waals surface area contributed by atoms with Crippen LogP contribution in [-0.2, 0) is 0 Å². The normalized spacial score (nSPS) is 25.8. The lowest BCUT2D eigenvalue weighted by atomic mass is 9.82. The Balaban J connectivity index is 1.51. The molecule has 5 heteroatoms. The number of thioether (sulfide) groups is 1. The number of nitrogens with one attached hydrogen (secondary N) is 2. The minimum atomic E-state index is 0.311. The second-order valence-electron chi connectivity index (χ2n) is 7.02. The van der Waals surface area contributed by atoms with E-state index in [1.165, 1.54) is 42.7 Å². The second-order valence-corrected chi connectivity index (χ2v) is 9.35. The van der Waals surface area contributed by atoms with Crippen molar-refractivity contribution in [1.82, 2.24) is 0 Å². The monoisotopic (exact) mass is 392 g/mol. The fourth-order valence-electron chi connectivity index (χ4n) is 4.00. The van der Waals surface area contributed by atoms with Crippen LogP contribution in [0.15, 0.2) is 47.4 Å². The van der Waals surface area contributed by atoms with Gasteiger partial charge in [0.25, 0.3) is 0 Å². The largest absolute Gasteiger partial charge is 0.384 e. The van der Waals surface area contributed by atoms with Gasteiger partial charge in [-0.15, -0.1) is 11.8 Å². The fraction of sp³-hybridized carbons (Fsp3) is 0.400. The number of para-hydroxylation sites is 1. The van der Waals surface area contributed by atoms with Gasteiger partial charge in [-0.1, -0.05) is 41.8 Å². The molecule has 1 aliphatic heterocycles. The second kappa shape index (κ2) is 7.30. The van der Waals surface area contributed by atoms with Crippen molar-refractivity contribution in [2.45, 2.75) is 47.8 Å². The van der Waals surface area contributed by atoms with Crippen LogP contribution in [0.2, 0.25) is 10.0 Å². The number of anilines is 2. The van der Waals surface area contributed by atoms with Crippen LogP contribution in [0.25, 0.3) is 0 Å². The van der Waals surface area contributed by atoms with E-state index in [4.69, 9.17) is 23.2 Å². The first kappa shape index (κ1) is 17.4. The molecule has 4 rings (SSSR count). The Morgan fingerprint density at radius 2 is 1.96 bits per heavy atom. The van der Waals surface area contributed by atoms with Crippen molar-refractivity contribution in [3.8, 4) is 0 Å².